The van der Waals surface area contributed by atoms with Gasteiger partial charge in [0, 0.05) is 5.56 Å². The SMILES string of the molecule is CCc1c(N)nnn1Cc1coc(-c2ccc(C)cc2)n1. The second kappa shape index (κ2) is 5.40. The monoisotopic (exact) mass is 283 g/mol. The maximum Gasteiger partial charge on any atom is 0.226 e. The highest BCUT2D eigenvalue weighted by Crippen LogP contribution is 2.20. The molecule has 1 aromatic carbocycles. The van der Waals surface area contributed by atoms with E-state index >= 15 is 0 Å². The number of oxazole rings is 1. The van der Waals surface area contributed by atoms with Gasteiger partial charge in [-0.1, -0.05) is 29.8 Å². The minimum Gasteiger partial charge on any atom is -0.444 e. The predicted octanol–water partition coefficient (Wildman–Crippen LogP) is 2.43. The van der Waals surface area contributed by atoms with Crippen molar-refractivity contribution in [3.8, 4) is 11.5 Å². The Morgan fingerprint density at radius 1 is 1.24 bits per heavy atom. The highest BCUT2D eigenvalue weighted by molar-refractivity contribution is 5.53. The summed E-state index contributed by atoms with van der Waals surface area (Å²) in [5.74, 6) is 1.08. The Kier molecular flexibility index (Phi) is 3.43. The van der Waals surface area contributed by atoms with Gasteiger partial charge in [0.2, 0.25) is 5.89 Å². The molecule has 0 amide bonds. The number of aryl methyl sites for hydroxylation is 1. The number of rotatable bonds is 4. The molecule has 0 aliphatic heterocycles. The molecule has 3 rings (SSSR count). The number of nitrogens with zero attached hydrogens (tertiary/aromatic N) is 4. The molecule has 0 bridgehead atoms. The molecule has 0 fully saturated rings. The molecular formula is C15H17N5O. The van der Waals surface area contributed by atoms with Gasteiger partial charge in [0.25, 0.3) is 0 Å². The summed E-state index contributed by atoms with van der Waals surface area (Å²) in [5.41, 5.74) is 9.65. The molecule has 6 nitrogen and oxygen atoms in total. The van der Waals surface area contributed by atoms with Gasteiger partial charge >= 0.3 is 0 Å². The van der Waals surface area contributed by atoms with E-state index in [1.54, 1.807) is 10.9 Å². The number of hydrogen-bond donors (Lipinski definition) is 1. The Labute approximate surface area is 122 Å². The van der Waals surface area contributed by atoms with Crippen LogP contribution in [-0.2, 0) is 13.0 Å². The summed E-state index contributed by atoms with van der Waals surface area (Å²) in [6.45, 7) is 4.57. The van der Waals surface area contributed by atoms with Crippen molar-refractivity contribution in [2.24, 2.45) is 0 Å². The van der Waals surface area contributed by atoms with Crippen molar-refractivity contribution in [1.82, 2.24) is 20.0 Å². The molecule has 0 aliphatic carbocycles. The second-order valence-electron chi connectivity index (χ2n) is 4.94. The van der Waals surface area contributed by atoms with E-state index in [4.69, 9.17) is 10.2 Å². The first-order chi connectivity index (χ1) is 10.2. The van der Waals surface area contributed by atoms with Crippen LogP contribution in [0.25, 0.3) is 11.5 Å². The van der Waals surface area contributed by atoms with Gasteiger partial charge in [-0.3, -0.25) is 0 Å². The van der Waals surface area contributed by atoms with Gasteiger partial charge in [-0.25, -0.2) is 9.67 Å². The maximum absolute atomic E-state index is 5.78. The van der Waals surface area contributed by atoms with Crippen molar-refractivity contribution in [3.63, 3.8) is 0 Å². The average molecular weight is 283 g/mol. The first kappa shape index (κ1) is 13.4. The summed E-state index contributed by atoms with van der Waals surface area (Å²) in [7, 11) is 0. The lowest BCUT2D eigenvalue weighted by Crippen LogP contribution is -2.07. The molecule has 21 heavy (non-hydrogen) atoms. The van der Waals surface area contributed by atoms with Crippen molar-refractivity contribution in [3.05, 3.63) is 47.5 Å². The minimum absolute atomic E-state index is 0.472. The van der Waals surface area contributed by atoms with Crippen molar-refractivity contribution < 1.29 is 4.42 Å². The Morgan fingerprint density at radius 2 is 2.00 bits per heavy atom. The van der Waals surface area contributed by atoms with Crippen LogP contribution in [0.5, 0.6) is 0 Å². The molecule has 0 unspecified atom stereocenters. The molecule has 2 aromatic heterocycles. The van der Waals surface area contributed by atoms with E-state index in [-0.39, 0.29) is 0 Å². The largest absolute Gasteiger partial charge is 0.444 e. The molecule has 0 spiro atoms. The summed E-state index contributed by atoms with van der Waals surface area (Å²) in [6.07, 6.45) is 2.42. The van der Waals surface area contributed by atoms with E-state index in [0.29, 0.717) is 18.3 Å². The molecular weight excluding hydrogens is 266 g/mol. The van der Waals surface area contributed by atoms with E-state index < -0.39 is 0 Å². The number of hydrogen-bond acceptors (Lipinski definition) is 5. The Balaban J connectivity index is 1.83. The fourth-order valence-electron chi connectivity index (χ4n) is 2.20. The van der Waals surface area contributed by atoms with Gasteiger partial charge in [0.05, 0.1) is 12.2 Å². The molecule has 2 heterocycles. The zero-order chi connectivity index (χ0) is 14.8. The molecule has 0 atom stereocenters. The third kappa shape index (κ3) is 2.65. The van der Waals surface area contributed by atoms with Gasteiger partial charge in [-0.05, 0) is 25.5 Å². The van der Waals surface area contributed by atoms with E-state index in [1.807, 2.05) is 38.1 Å². The Hall–Kier alpha value is -2.63. The van der Waals surface area contributed by atoms with Crippen LogP contribution in [0.1, 0.15) is 23.9 Å². The number of nitrogens with two attached hydrogens (primary N) is 1. The third-order valence-corrected chi connectivity index (χ3v) is 3.36. The van der Waals surface area contributed by atoms with Gasteiger partial charge < -0.3 is 10.2 Å². The molecule has 0 radical (unpaired) electrons. The lowest BCUT2D eigenvalue weighted by molar-refractivity contribution is 0.566. The predicted molar refractivity (Wildman–Crippen MR) is 79.6 cm³/mol. The van der Waals surface area contributed by atoms with Crippen molar-refractivity contribution in [2.75, 3.05) is 5.73 Å². The lowest BCUT2D eigenvalue weighted by Gasteiger charge is -2.01. The molecule has 6 heteroatoms. The van der Waals surface area contributed by atoms with E-state index in [0.717, 1.165) is 23.4 Å². The number of nitrogen functional groups attached to an aromatic ring is 1. The fourth-order valence-corrected chi connectivity index (χ4v) is 2.20. The van der Waals surface area contributed by atoms with E-state index in [2.05, 4.69) is 15.3 Å². The van der Waals surface area contributed by atoms with Gasteiger partial charge in [0.15, 0.2) is 5.82 Å². The average Bonchev–Trinajstić information content (AvgIpc) is 3.07. The second-order valence-corrected chi connectivity index (χ2v) is 4.94. The van der Waals surface area contributed by atoms with Crippen molar-refractivity contribution in [1.29, 1.82) is 0 Å². The van der Waals surface area contributed by atoms with Crippen LogP contribution >= 0.6 is 0 Å². The zero-order valence-corrected chi connectivity index (χ0v) is 12.1. The number of aromatic nitrogens is 4. The molecule has 2 N–H and O–H groups in total. The molecule has 0 saturated heterocycles. The summed E-state index contributed by atoms with van der Waals surface area (Å²) < 4.78 is 7.30. The summed E-state index contributed by atoms with van der Waals surface area (Å²) >= 11 is 0. The number of anilines is 1. The minimum atomic E-state index is 0.472. The first-order valence-electron chi connectivity index (χ1n) is 6.86. The van der Waals surface area contributed by atoms with Crippen LogP contribution < -0.4 is 5.73 Å². The van der Waals surface area contributed by atoms with Crippen LogP contribution in [0.3, 0.4) is 0 Å². The number of benzene rings is 1. The summed E-state index contributed by atoms with van der Waals surface area (Å²) in [6, 6.07) is 8.06. The Morgan fingerprint density at radius 3 is 2.71 bits per heavy atom. The molecule has 3 aromatic rings. The topological polar surface area (TPSA) is 82.8 Å². The van der Waals surface area contributed by atoms with Gasteiger partial charge in [-0.15, -0.1) is 5.10 Å². The molecule has 108 valence electrons. The van der Waals surface area contributed by atoms with Crippen LogP contribution in [0.2, 0.25) is 0 Å². The summed E-state index contributed by atoms with van der Waals surface area (Å²) in [5, 5.41) is 7.93. The highest BCUT2D eigenvalue weighted by atomic mass is 16.3. The van der Waals surface area contributed by atoms with E-state index in [9.17, 15) is 0 Å². The standard InChI is InChI=1S/C15H17N5O/c1-3-13-14(16)18-19-20(13)8-12-9-21-15(17-12)11-6-4-10(2)5-7-11/h4-7,9H,3,8,16H2,1-2H3. The quantitative estimate of drug-likeness (QED) is 0.795. The van der Waals surface area contributed by atoms with E-state index in [1.165, 1.54) is 5.56 Å². The lowest BCUT2D eigenvalue weighted by atomic mass is 10.1. The van der Waals surface area contributed by atoms with Crippen LogP contribution in [0.15, 0.2) is 34.9 Å². The van der Waals surface area contributed by atoms with Crippen molar-refractivity contribution >= 4 is 5.82 Å². The molecule has 0 saturated carbocycles. The van der Waals surface area contributed by atoms with Crippen LogP contribution in [0.4, 0.5) is 5.82 Å². The van der Waals surface area contributed by atoms with Crippen LogP contribution in [-0.4, -0.2) is 20.0 Å². The molecule has 0 aliphatic rings. The highest BCUT2D eigenvalue weighted by Gasteiger charge is 2.12. The third-order valence-electron chi connectivity index (χ3n) is 3.36. The maximum atomic E-state index is 5.78. The fraction of sp³-hybridized carbons (Fsp3) is 0.267. The smallest absolute Gasteiger partial charge is 0.226 e. The summed E-state index contributed by atoms with van der Waals surface area (Å²) in [4.78, 5) is 4.49. The zero-order valence-electron chi connectivity index (χ0n) is 12.1. The van der Waals surface area contributed by atoms with Gasteiger partial charge in [-0.2, -0.15) is 0 Å². The van der Waals surface area contributed by atoms with Gasteiger partial charge in [0.1, 0.15) is 12.0 Å². The first-order valence-corrected chi connectivity index (χ1v) is 6.86. The normalized spacial score (nSPS) is 11.0. The Bertz CT molecular complexity index is 742. The van der Waals surface area contributed by atoms with Crippen LogP contribution in [0, 0.1) is 6.92 Å². The van der Waals surface area contributed by atoms with Crippen molar-refractivity contribution in [2.45, 2.75) is 26.8 Å².